The van der Waals surface area contributed by atoms with E-state index in [1.54, 1.807) is 5.20 Å². The number of allylic oxidation sites excluding steroid dienone is 5. The summed E-state index contributed by atoms with van der Waals surface area (Å²) < 4.78 is 0.906. The van der Waals surface area contributed by atoms with Crippen molar-refractivity contribution in [2.45, 2.75) is 38.4 Å². The molecule has 158 valence electrons. The van der Waals surface area contributed by atoms with Crippen molar-refractivity contribution in [2.24, 2.45) is 0 Å². The molecule has 0 amide bonds. The lowest BCUT2D eigenvalue weighted by Crippen LogP contribution is -2.39. The van der Waals surface area contributed by atoms with Gasteiger partial charge in [-0.1, -0.05) is 86.3 Å². The third-order valence-electron chi connectivity index (χ3n) is 7.68. The topological polar surface area (TPSA) is 12.9 Å². The van der Waals surface area contributed by atoms with E-state index < -0.39 is 8.07 Å². The minimum atomic E-state index is -1.96. The zero-order valence-corrected chi connectivity index (χ0v) is 21.5. The number of halogens is 1. The summed E-state index contributed by atoms with van der Waals surface area (Å²) in [6.45, 7) is 9.80. The van der Waals surface area contributed by atoms with Crippen LogP contribution < -0.4 is 0 Å². The molecule has 0 aliphatic heterocycles. The Balaban J connectivity index is 1.54. The number of aromatic nitrogens is 1. The van der Waals surface area contributed by atoms with Crippen LogP contribution in [-0.2, 0) is 0 Å². The molecule has 32 heavy (non-hydrogen) atoms. The Kier molecular flexibility index (Phi) is 4.41. The second-order valence-electron chi connectivity index (χ2n) is 9.88. The highest BCUT2D eigenvalue weighted by Crippen LogP contribution is 2.55. The van der Waals surface area contributed by atoms with Crippen LogP contribution in [0.25, 0.3) is 17.2 Å². The Morgan fingerprint density at radius 1 is 0.812 bits per heavy atom. The highest BCUT2D eigenvalue weighted by molar-refractivity contribution is 9.10. The molecule has 1 heterocycles. The van der Waals surface area contributed by atoms with E-state index in [1.807, 2.05) is 0 Å². The van der Waals surface area contributed by atoms with Gasteiger partial charge in [-0.2, -0.15) is 0 Å². The molecule has 1 atom stereocenters. The van der Waals surface area contributed by atoms with Gasteiger partial charge in [0.1, 0.15) is 4.60 Å². The van der Waals surface area contributed by atoms with Gasteiger partial charge in [0.05, 0.1) is 13.8 Å². The second-order valence-corrected chi connectivity index (χ2v) is 15.2. The first-order valence-electron chi connectivity index (χ1n) is 11.4. The van der Waals surface area contributed by atoms with Gasteiger partial charge in [-0.05, 0) is 79.2 Å². The lowest BCUT2D eigenvalue weighted by Gasteiger charge is -2.36. The number of hydrogen-bond acceptors (Lipinski definition) is 1. The molecular weight excluding hydrogens is 470 g/mol. The standard InChI is InChI=1S/C29H26BrNSi/c1-17-15-24-18(2)19-13-14-27(30)31-26(19)16-25(24)28(17)32(3,4)29-22-11-7-5-9-20(22)21-10-6-8-12-23(21)29/h5-16,18,29H,1-4H3. The van der Waals surface area contributed by atoms with Crippen molar-refractivity contribution in [1.29, 1.82) is 0 Å². The number of benzene rings is 2. The molecular formula is C29H26BrNSi. The second kappa shape index (κ2) is 7.00. The molecule has 0 fully saturated rings. The molecule has 3 aliphatic rings. The maximum atomic E-state index is 4.84. The molecule has 1 unspecified atom stereocenters. The molecule has 2 aromatic carbocycles. The summed E-state index contributed by atoms with van der Waals surface area (Å²) in [5, 5.41) is 1.60. The first-order chi connectivity index (χ1) is 15.4. The molecule has 6 rings (SSSR count). The van der Waals surface area contributed by atoms with Gasteiger partial charge < -0.3 is 0 Å². The molecule has 3 aromatic rings. The summed E-state index contributed by atoms with van der Waals surface area (Å²) >= 11 is 3.58. The van der Waals surface area contributed by atoms with Gasteiger partial charge in [0.25, 0.3) is 0 Å². The first kappa shape index (κ1) is 20.1. The molecule has 0 saturated carbocycles. The molecule has 0 saturated heterocycles. The molecule has 3 aliphatic carbocycles. The lowest BCUT2D eigenvalue weighted by molar-refractivity contribution is 0.884. The average Bonchev–Trinajstić information content (AvgIpc) is 3.29. The number of hydrogen-bond donors (Lipinski definition) is 0. The molecule has 1 nitrogen and oxygen atoms in total. The maximum absolute atomic E-state index is 4.84. The predicted molar refractivity (Wildman–Crippen MR) is 140 cm³/mol. The summed E-state index contributed by atoms with van der Waals surface area (Å²) in [4.78, 5) is 4.84. The number of nitrogens with zero attached hydrogens (tertiary/aromatic N) is 1. The first-order valence-corrected chi connectivity index (χ1v) is 15.2. The Morgan fingerprint density at radius 2 is 1.44 bits per heavy atom. The fraction of sp³-hybridized carbons (Fsp3) is 0.207. The van der Waals surface area contributed by atoms with Gasteiger partial charge in [0.2, 0.25) is 0 Å². The summed E-state index contributed by atoms with van der Waals surface area (Å²) in [5.41, 5.74) is 13.1. The summed E-state index contributed by atoms with van der Waals surface area (Å²) in [6, 6.07) is 22.4. The summed E-state index contributed by atoms with van der Waals surface area (Å²) in [5.74, 6) is 0.367. The van der Waals surface area contributed by atoms with Gasteiger partial charge in [0.15, 0.2) is 0 Å². The zero-order chi connectivity index (χ0) is 22.2. The normalized spacial score (nSPS) is 19.2. The molecule has 0 bridgehead atoms. The SMILES string of the molecule is CC1=C([Si](C)(C)C2c3ccccc3-c3ccccc32)C2=Cc3nc(Br)ccc3C(C)C2=C1. The Hall–Kier alpha value is -2.49. The van der Waals surface area contributed by atoms with Crippen LogP contribution in [0.4, 0.5) is 0 Å². The van der Waals surface area contributed by atoms with Crippen molar-refractivity contribution in [1.82, 2.24) is 4.98 Å². The average molecular weight is 497 g/mol. The van der Waals surface area contributed by atoms with E-state index in [4.69, 9.17) is 4.98 Å². The molecule has 0 N–H and O–H groups in total. The lowest BCUT2D eigenvalue weighted by atomic mass is 9.83. The van der Waals surface area contributed by atoms with Crippen LogP contribution in [0.15, 0.2) is 93.3 Å². The third-order valence-corrected chi connectivity index (χ3v) is 12.1. The number of pyridine rings is 1. The van der Waals surface area contributed by atoms with E-state index in [0.29, 0.717) is 11.5 Å². The third kappa shape index (κ3) is 2.71. The van der Waals surface area contributed by atoms with Crippen LogP contribution >= 0.6 is 15.9 Å². The highest BCUT2D eigenvalue weighted by Gasteiger charge is 2.46. The molecule has 0 radical (unpaired) electrons. The fourth-order valence-electron chi connectivity index (χ4n) is 6.43. The van der Waals surface area contributed by atoms with Gasteiger partial charge in [-0.15, -0.1) is 0 Å². The van der Waals surface area contributed by atoms with Crippen molar-refractivity contribution >= 4 is 30.1 Å². The monoisotopic (exact) mass is 495 g/mol. The minimum absolute atomic E-state index is 0.367. The Morgan fingerprint density at radius 3 is 2.09 bits per heavy atom. The quantitative estimate of drug-likeness (QED) is 0.257. The van der Waals surface area contributed by atoms with Crippen molar-refractivity contribution < 1.29 is 0 Å². The van der Waals surface area contributed by atoms with E-state index >= 15 is 0 Å². The van der Waals surface area contributed by atoms with E-state index in [9.17, 15) is 0 Å². The maximum Gasteiger partial charge on any atom is 0.106 e. The predicted octanol–water partition coefficient (Wildman–Crippen LogP) is 8.20. The Bertz CT molecular complexity index is 1350. The summed E-state index contributed by atoms with van der Waals surface area (Å²) in [7, 11) is -1.96. The van der Waals surface area contributed by atoms with Gasteiger partial charge >= 0.3 is 0 Å². The van der Waals surface area contributed by atoms with Crippen molar-refractivity contribution in [2.75, 3.05) is 0 Å². The van der Waals surface area contributed by atoms with Crippen LogP contribution in [0.2, 0.25) is 13.1 Å². The van der Waals surface area contributed by atoms with Crippen LogP contribution in [0.1, 0.15) is 47.7 Å². The number of fused-ring (bicyclic) bond motifs is 5. The van der Waals surface area contributed by atoms with E-state index in [0.717, 1.165) is 10.3 Å². The van der Waals surface area contributed by atoms with Crippen molar-refractivity contribution in [3.05, 3.63) is 116 Å². The molecule has 1 aromatic heterocycles. The zero-order valence-electron chi connectivity index (χ0n) is 18.9. The van der Waals surface area contributed by atoms with E-state index in [2.05, 4.69) is 116 Å². The van der Waals surface area contributed by atoms with E-state index in [1.165, 1.54) is 44.5 Å². The smallest absolute Gasteiger partial charge is 0.106 e. The van der Waals surface area contributed by atoms with Crippen molar-refractivity contribution in [3.63, 3.8) is 0 Å². The Labute approximate surface area is 199 Å². The van der Waals surface area contributed by atoms with Crippen LogP contribution in [0.3, 0.4) is 0 Å². The molecule has 3 heteroatoms. The largest absolute Gasteiger partial charge is 0.241 e. The highest BCUT2D eigenvalue weighted by atomic mass is 79.9. The number of rotatable bonds is 2. The van der Waals surface area contributed by atoms with E-state index in [-0.39, 0.29) is 0 Å². The fourth-order valence-corrected chi connectivity index (χ4v) is 11.1. The van der Waals surface area contributed by atoms with Gasteiger partial charge in [0, 0.05) is 11.5 Å². The van der Waals surface area contributed by atoms with Crippen LogP contribution in [0, 0.1) is 0 Å². The minimum Gasteiger partial charge on any atom is -0.241 e. The van der Waals surface area contributed by atoms with Crippen LogP contribution in [-0.4, -0.2) is 13.1 Å². The van der Waals surface area contributed by atoms with Gasteiger partial charge in [-0.25, -0.2) is 4.98 Å². The summed E-state index contributed by atoms with van der Waals surface area (Å²) in [6.07, 6.45) is 4.82. The van der Waals surface area contributed by atoms with Gasteiger partial charge in [-0.3, -0.25) is 0 Å². The van der Waals surface area contributed by atoms with Crippen LogP contribution in [0.5, 0.6) is 0 Å². The van der Waals surface area contributed by atoms with Crippen molar-refractivity contribution in [3.8, 4) is 11.1 Å². The molecule has 0 spiro atoms.